The van der Waals surface area contributed by atoms with Gasteiger partial charge in [-0.2, -0.15) is 0 Å². The van der Waals surface area contributed by atoms with Gasteiger partial charge in [0.1, 0.15) is 0 Å². The number of carbonyl (C=O) groups is 2. The number of amides is 2. The van der Waals surface area contributed by atoms with Gasteiger partial charge < -0.3 is 16.0 Å². The molecule has 0 spiro atoms. The molecule has 1 rings (SSSR count). The molecule has 5 nitrogen and oxygen atoms in total. The molecule has 0 aromatic rings. The molecular formula is C13H25N3O2. The molecule has 0 aromatic heterocycles. The Balaban J connectivity index is 2.41. The van der Waals surface area contributed by atoms with Gasteiger partial charge in [0.2, 0.25) is 11.8 Å². The fourth-order valence-corrected chi connectivity index (χ4v) is 2.27. The first kappa shape index (κ1) is 15.0. The highest BCUT2D eigenvalue weighted by Crippen LogP contribution is 2.22. The minimum atomic E-state index is -0.132. The molecule has 2 unspecified atom stereocenters. The van der Waals surface area contributed by atoms with E-state index in [1.54, 1.807) is 11.9 Å². The van der Waals surface area contributed by atoms with Crippen molar-refractivity contribution in [3.63, 3.8) is 0 Å². The molecule has 1 fully saturated rings. The standard InChI is InChI=1S/C13H25N3O2/c1-3-16(2)12(17)9-15-13(18)10-7-5-4-6-8-11(10)14/h10-11H,3-9,14H2,1-2H3,(H,15,18). The first-order valence-corrected chi connectivity index (χ1v) is 6.83. The van der Waals surface area contributed by atoms with Crippen LogP contribution in [0.3, 0.4) is 0 Å². The Labute approximate surface area is 109 Å². The Kier molecular flexibility index (Phi) is 6.12. The third kappa shape index (κ3) is 4.29. The average molecular weight is 255 g/mol. The summed E-state index contributed by atoms with van der Waals surface area (Å²) in [5.74, 6) is -0.262. The van der Waals surface area contributed by atoms with E-state index in [1.807, 2.05) is 6.92 Å². The van der Waals surface area contributed by atoms with Crippen LogP contribution >= 0.6 is 0 Å². The number of likely N-dealkylation sites (N-methyl/N-ethyl adjacent to an activating group) is 1. The zero-order chi connectivity index (χ0) is 13.5. The highest BCUT2D eigenvalue weighted by atomic mass is 16.2. The van der Waals surface area contributed by atoms with Crippen LogP contribution in [0.2, 0.25) is 0 Å². The van der Waals surface area contributed by atoms with E-state index in [1.165, 1.54) is 0 Å². The number of hydrogen-bond acceptors (Lipinski definition) is 3. The summed E-state index contributed by atoms with van der Waals surface area (Å²) >= 11 is 0. The lowest BCUT2D eigenvalue weighted by atomic mass is 9.94. The molecule has 1 aliphatic carbocycles. The van der Waals surface area contributed by atoms with Crippen molar-refractivity contribution in [2.75, 3.05) is 20.1 Å². The first-order chi connectivity index (χ1) is 8.56. The maximum Gasteiger partial charge on any atom is 0.241 e. The van der Waals surface area contributed by atoms with Gasteiger partial charge in [0.15, 0.2) is 0 Å². The number of rotatable bonds is 4. The third-order valence-electron chi connectivity index (χ3n) is 3.72. The van der Waals surface area contributed by atoms with Crippen LogP contribution in [0.4, 0.5) is 0 Å². The molecule has 0 bridgehead atoms. The van der Waals surface area contributed by atoms with Crippen LogP contribution in [-0.4, -0.2) is 42.9 Å². The number of carbonyl (C=O) groups excluding carboxylic acids is 2. The quantitative estimate of drug-likeness (QED) is 0.718. The van der Waals surface area contributed by atoms with Crippen molar-refractivity contribution in [2.45, 2.75) is 45.1 Å². The summed E-state index contributed by atoms with van der Waals surface area (Å²) in [6.45, 7) is 2.63. The van der Waals surface area contributed by atoms with E-state index >= 15 is 0 Å². The maximum absolute atomic E-state index is 12.0. The molecule has 1 saturated carbocycles. The Morgan fingerprint density at radius 2 is 1.94 bits per heavy atom. The van der Waals surface area contributed by atoms with Gasteiger partial charge in [-0.25, -0.2) is 0 Å². The van der Waals surface area contributed by atoms with Crippen LogP contribution in [0.5, 0.6) is 0 Å². The minimum absolute atomic E-state index is 0.0620. The molecule has 1 aliphatic rings. The van der Waals surface area contributed by atoms with E-state index < -0.39 is 0 Å². The van der Waals surface area contributed by atoms with Crippen molar-refractivity contribution in [3.8, 4) is 0 Å². The van der Waals surface area contributed by atoms with E-state index in [9.17, 15) is 9.59 Å². The van der Waals surface area contributed by atoms with E-state index in [-0.39, 0.29) is 30.3 Å². The molecule has 0 radical (unpaired) electrons. The molecule has 2 amide bonds. The molecule has 5 heteroatoms. The van der Waals surface area contributed by atoms with Crippen molar-refractivity contribution in [3.05, 3.63) is 0 Å². The number of nitrogens with zero attached hydrogens (tertiary/aromatic N) is 1. The van der Waals surface area contributed by atoms with E-state index in [2.05, 4.69) is 5.32 Å². The van der Waals surface area contributed by atoms with Crippen LogP contribution in [0.15, 0.2) is 0 Å². The smallest absolute Gasteiger partial charge is 0.241 e. The lowest BCUT2D eigenvalue weighted by Gasteiger charge is -2.21. The number of nitrogens with one attached hydrogen (secondary N) is 1. The first-order valence-electron chi connectivity index (χ1n) is 6.83. The van der Waals surface area contributed by atoms with E-state index in [0.717, 1.165) is 32.1 Å². The van der Waals surface area contributed by atoms with Gasteiger partial charge in [0.05, 0.1) is 12.5 Å². The lowest BCUT2D eigenvalue weighted by molar-refractivity contribution is -0.133. The molecule has 18 heavy (non-hydrogen) atoms. The summed E-state index contributed by atoms with van der Waals surface area (Å²) < 4.78 is 0. The Morgan fingerprint density at radius 3 is 2.61 bits per heavy atom. The highest BCUT2D eigenvalue weighted by molar-refractivity contribution is 5.86. The molecule has 2 atom stereocenters. The summed E-state index contributed by atoms with van der Waals surface area (Å²) in [6.07, 6.45) is 5.04. The SMILES string of the molecule is CCN(C)C(=O)CNC(=O)C1CCCCCC1N. The molecule has 0 heterocycles. The summed E-state index contributed by atoms with van der Waals surface area (Å²) in [5.41, 5.74) is 6.02. The van der Waals surface area contributed by atoms with E-state index in [0.29, 0.717) is 6.54 Å². The second-order valence-corrected chi connectivity index (χ2v) is 5.03. The summed E-state index contributed by atoms with van der Waals surface area (Å²) in [4.78, 5) is 25.2. The number of nitrogens with two attached hydrogens (primary N) is 1. The van der Waals surface area contributed by atoms with Crippen molar-refractivity contribution < 1.29 is 9.59 Å². The van der Waals surface area contributed by atoms with Gasteiger partial charge in [-0.3, -0.25) is 9.59 Å². The van der Waals surface area contributed by atoms with Crippen LogP contribution in [0.1, 0.15) is 39.0 Å². The summed E-state index contributed by atoms with van der Waals surface area (Å²) in [6, 6.07) is -0.0634. The zero-order valence-corrected chi connectivity index (χ0v) is 11.4. The minimum Gasteiger partial charge on any atom is -0.347 e. The Bertz CT molecular complexity index is 294. The van der Waals surface area contributed by atoms with Gasteiger partial charge in [0, 0.05) is 19.6 Å². The normalized spacial score (nSPS) is 24.2. The van der Waals surface area contributed by atoms with Gasteiger partial charge >= 0.3 is 0 Å². The van der Waals surface area contributed by atoms with Gasteiger partial charge in [-0.15, -0.1) is 0 Å². The molecule has 104 valence electrons. The summed E-state index contributed by atoms with van der Waals surface area (Å²) in [7, 11) is 1.73. The lowest BCUT2D eigenvalue weighted by Crippen LogP contribution is -2.45. The molecule has 0 aliphatic heterocycles. The molecule has 3 N–H and O–H groups in total. The van der Waals surface area contributed by atoms with Crippen molar-refractivity contribution in [1.82, 2.24) is 10.2 Å². The highest BCUT2D eigenvalue weighted by Gasteiger charge is 2.27. The summed E-state index contributed by atoms with van der Waals surface area (Å²) in [5, 5.41) is 2.72. The van der Waals surface area contributed by atoms with Gasteiger partial charge in [0.25, 0.3) is 0 Å². The second-order valence-electron chi connectivity index (χ2n) is 5.03. The predicted octanol–water partition coefficient (Wildman–Crippen LogP) is 0.489. The average Bonchev–Trinajstić information content (AvgIpc) is 2.59. The largest absolute Gasteiger partial charge is 0.347 e. The fourth-order valence-electron chi connectivity index (χ4n) is 2.27. The Morgan fingerprint density at radius 1 is 1.28 bits per heavy atom. The van der Waals surface area contributed by atoms with E-state index in [4.69, 9.17) is 5.73 Å². The van der Waals surface area contributed by atoms with Crippen LogP contribution < -0.4 is 11.1 Å². The topological polar surface area (TPSA) is 75.4 Å². The molecule has 0 saturated heterocycles. The van der Waals surface area contributed by atoms with Crippen LogP contribution in [-0.2, 0) is 9.59 Å². The monoisotopic (exact) mass is 255 g/mol. The Hall–Kier alpha value is -1.10. The predicted molar refractivity (Wildman–Crippen MR) is 70.9 cm³/mol. The van der Waals surface area contributed by atoms with Crippen molar-refractivity contribution in [1.29, 1.82) is 0 Å². The maximum atomic E-state index is 12.0. The van der Waals surface area contributed by atoms with Crippen molar-refractivity contribution >= 4 is 11.8 Å². The van der Waals surface area contributed by atoms with Crippen LogP contribution in [0, 0.1) is 5.92 Å². The van der Waals surface area contributed by atoms with Gasteiger partial charge in [-0.05, 0) is 19.8 Å². The third-order valence-corrected chi connectivity index (χ3v) is 3.72. The molecule has 0 aromatic carbocycles. The fraction of sp³-hybridized carbons (Fsp3) is 0.846. The van der Waals surface area contributed by atoms with Crippen LogP contribution in [0.25, 0.3) is 0 Å². The number of hydrogen-bond donors (Lipinski definition) is 2. The molecular weight excluding hydrogens is 230 g/mol. The zero-order valence-electron chi connectivity index (χ0n) is 11.4. The second kappa shape index (κ2) is 7.36. The van der Waals surface area contributed by atoms with Crippen molar-refractivity contribution in [2.24, 2.45) is 11.7 Å². The van der Waals surface area contributed by atoms with Gasteiger partial charge in [-0.1, -0.05) is 19.3 Å².